The maximum atomic E-state index is 5.37. The predicted octanol–water partition coefficient (Wildman–Crippen LogP) is 3.57. The molecule has 3 nitrogen and oxygen atoms in total. The Hall–Kier alpha value is -1.20. The summed E-state index contributed by atoms with van der Waals surface area (Å²) in [5.74, 6) is 2.30. The summed E-state index contributed by atoms with van der Waals surface area (Å²) in [7, 11) is 3.31. The molecule has 1 heterocycles. The van der Waals surface area contributed by atoms with Crippen molar-refractivity contribution in [3.63, 3.8) is 0 Å². The van der Waals surface area contributed by atoms with Crippen molar-refractivity contribution in [2.75, 3.05) is 14.2 Å². The maximum absolute atomic E-state index is 5.37. The van der Waals surface area contributed by atoms with Crippen LogP contribution in [0, 0.1) is 6.92 Å². The molecule has 0 spiro atoms. The average Bonchev–Trinajstić information content (AvgIpc) is 2.79. The molecule has 2 aromatic rings. The van der Waals surface area contributed by atoms with E-state index < -0.39 is 0 Å². The highest BCUT2D eigenvalue weighted by atomic mass is 32.1. The lowest BCUT2D eigenvalue weighted by Gasteiger charge is -2.08. The number of rotatable bonds is 4. The first-order chi connectivity index (χ1) is 8.69. The van der Waals surface area contributed by atoms with Gasteiger partial charge in [0.15, 0.2) is 0 Å². The standard InChI is InChI=1S/C13H15NO2S2/c1-8-12(7-17)18-13(14-8)10-6-9(15-2)4-5-11(10)16-3/h4-6,17H,7H2,1-3H3. The summed E-state index contributed by atoms with van der Waals surface area (Å²) in [5.41, 5.74) is 1.98. The van der Waals surface area contributed by atoms with E-state index in [1.165, 1.54) is 4.88 Å². The molecule has 0 fully saturated rings. The normalized spacial score (nSPS) is 10.4. The molecule has 0 saturated heterocycles. The second-order valence-corrected chi connectivity index (χ2v) is 5.15. The van der Waals surface area contributed by atoms with Crippen LogP contribution in [0.25, 0.3) is 10.6 Å². The second-order valence-electron chi connectivity index (χ2n) is 3.75. The third-order valence-corrected chi connectivity index (χ3v) is 4.39. The van der Waals surface area contributed by atoms with Gasteiger partial charge in [-0.05, 0) is 25.1 Å². The molecule has 0 aliphatic rings. The van der Waals surface area contributed by atoms with Crippen molar-refractivity contribution in [1.82, 2.24) is 4.98 Å². The summed E-state index contributed by atoms with van der Waals surface area (Å²) < 4.78 is 10.6. The second kappa shape index (κ2) is 5.63. The van der Waals surface area contributed by atoms with Crippen LogP contribution in [0.3, 0.4) is 0 Å². The monoisotopic (exact) mass is 281 g/mol. The molecule has 0 aliphatic heterocycles. The number of benzene rings is 1. The van der Waals surface area contributed by atoms with Gasteiger partial charge in [0.25, 0.3) is 0 Å². The summed E-state index contributed by atoms with van der Waals surface area (Å²) in [4.78, 5) is 5.75. The Morgan fingerprint density at radius 3 is 2.61 bits per heavy atom. The summed E-state index contributed by atoms with van der Waals surface area (Å²) in [6.07, 6.45) is 0. The highest BCUT2D eigenvalue weighted by molar-refractivity contribution is 7.79. The molecule has 96 valence electrons. The molecule has 0 N–H and O–H groups in total. The molecule has 0 amide bonds. The predicted molar refractivity (Wildman–Crippen MR) is 78.1 cm³/mol. The van der Waals surface area contributed by atoms with Crippen molar-refractivity contribution in [2.45, 2.75) is 12.7 Å². The Kier molecular flexibility index (Phi) is 4.14. The molecule has 1 aromatic heterocycles. The van der Waals surface area contributed by atoms with Gasteiger partial charge in [0.1, 0.15) is 16.5 Å². The first kappa shape index (κ1) is 13.2. The van der Waals surface area contributed by atoms with Crippen molar-refractivity contribution in [3.05, 3.63) is 28.8 Å². The number of nitrogens with zero attached hydrogens (tertiary/aromatic N) is 1. The van der Waals surface area contributed by atoms with Gasteiger partial charge in [-0.3, -0.25) is 0 Å². The van der Waals surface area contributed by atoms with Crippen molar-refractivity contribution in [2.24, 2.45) is 0 Å². The molecule has 0 bridgehead atoms. The lowest BCUT2D eigenvalue weighted by molar-refractivity contribution is 0.404. The van der Waals surface area contributed by atoms with Gasteiger partial charge in [-0.15, -0.1) is 11.3 Å². The Morgan fingerprint density at radius 2 is 2.06 bits per heavy atom. The maximum Gasteiger partial charge on any atom is 0.129 e. The summed E-state index contributed by atoms with van der Waals surface area (Å²) in [5, 5.41) is 0.937. The third kappa shape index (κ3) is 2.47. The molecule has 0 atom stereocenters. The minimum atomic E-state index is 0.704. The summed E-state index contributed by atoms with van der Waals surface area (Å²) in [6.45, 7) is 2.00. The van der Waals surface area contributed by atoms with E-state index >= 15 is 0 Å². The number of aryl methyl sites for hydroxylation is 1. The van der Waals surface area contributed by atoms with Gasteiger partial charge in [0.2, 0.25) is 0 Å². The van der Waals surface area contributed by atoms with E-state index in [0.29, 0.717) is 5.75 Å². The van der Waals surface area contributed by atoms with Crippen molar-refractivity contribution >= 4 is 24.0 Å². The molecule has 0 aliphatic carbocycles. The zero-order valence-electron chi connectivity index (χ0n) is 10.6. The van der Waals surface area contributed by atoms with Crippen LogP contribution in [0.4, 0.5) is 0 Å². The first-order valence-corrected chi connectivity index (χ1v) is 6.94. The van der Waals surface area contributed by atoms with Gasteiger partial charge in [0.05, 0.1) is 25.5 Å². The summed E-state index contributed by atoms with van der Waals surface area (Å²) in [6, 6.07) is 5.72. The van der Waals surface area contributed by atoms with E-state index in [0.717, 1.165) is 27.8 Å². The minimum absolute atomic E-state index is 0.704. The number of methoxy groups -OCH3 is 2. The smallest absolute Gasteiger partial charge is 0.129 e. The Labute approximate surface area is 116 Å². The lowest BCUT2D eigenvalue weighted by Crippen LogP contribution is -1.90. The highest BCUT2D eigenvalue weighted by Crippen LogP contribution is 2.37. The van der Waals surface area contributed by atoms with Crippen molar-refractivity contribution in [1.29, 1.82) is 0 Å². The molecular formula is C13H15NO2S2. The van der Waals surface area contributed by atoms with Crippen LogP contribution >= 0.6 is 24.0 Å². The molecule has 2 rings (SSSR count). The lowest BCUT2D eigenvalue weighted by atomic mass is 10.2. The van der Waals surface area contributed by atoms with E-state index in [1.54, 1.807) is 25.6 Å². The summed E-state index contributed by atoms with van der Waals surface area (Å²) >= 11 is 5.95. The zero-order chi connectivity index (χ0) is 13.1. The highest BCUT2D eigenvalue weighted by Gasteiger charge is 2.13. The van der Waals surface area contributed by atoms with Crippen molar-refractivity contribution < 1.29 is 9.47 Å². The number of thiazole rings is 1. The molecule has 18 heavy (non-hydrogen) atoms. The fourth-order valence-electron chi connectivity index (χ4n) is 1.67. The SMILES string of the molecule is COc1ccc(OC)c(-c2nc(C)c(CS)s2)c1. The molecule has 5 heteroatoms. The average molecular weight is 281 g/mol. The molecule has 0 saturated carbocycles. The van der Waals surface area contributed by atoms with E-state index in [9.17, 15) is 0 Å². The Morgan fingerprint density at radius 1 is 1.28 bits per heavy atom. The van der Waals surface area contributed by atoms with Gasteiger partial charge in [-0.1, -0.05) is 0 Å². The third-order valence-electron chi connectivity index (χ3n) is 2.67. The van der Waals surface area contributed by atoms with Gasteiger partial charge in [-0.25, -0.2) is 4.98 Å². The van der Waals surface area contributed by atoms with Crippen molar-refractivity contribution in [3.8, 4) is 22.1 Å². The molecule has 0 radical (unpaired) electrons. The first-order valence-electron chi connectivity index (χ1n) is 5.49. The number of hydrogen-bond donors (Lipinski definition) is 1. The van der Waals surface area contributed by atoms with Crippen LogP contribution in [-0.4, -0.2) is 19.2 Å². The van der Waals surface area contributed by atoms with E-state index in [-0.39, 0.29) is 0 Å². The Balaban J connectivity index is 2.53. The van der Waals surface area contributed by atoms with Crippen LogP contribution in [0.15, 0.2) is 18.2 Å². The fraction of sp³-hybridized carbons (Fsp3) is 0.308. The van der Waals surface area contributed by atoms with Crippen LogP contribution in [0.1, 0.15) is 10.6 Å². The number of hydrogen-bond acceptors (Lipinski definition) is 5. The molecular weight excluding hydrogens is 266 g/mol. The van der Waals surface area contributed by atoms with Crippen LogP contribution in [-0.2, 0) is 5.75 Å². The van der Waals surface area contributed by atoms with Gasteiger partial charge in [0, 0.05) is 10.6 Å². The quantitative estimate of drug-likeness (QED) is 0.869. The topological polar surface area (TPSA) is 31.4 Å². The fourth-order valence-corrected chi connectivity index (χ4v) is 3.04. The molecule has 0 unspecified atom stereocenters. The largest absolute Gasteiger partial charge is 0.497 e. The van der Waals surface area contributed by atoms with Gasteiger partial charge in [-0.2, -0.15) is 12.6 Å². The van der Waals surface area contributed by atoms with Crippen LogP contribution < -0.4 is 9.47 Å². The Bertz CT molecular complexity index is 552. The van der Waals surface area contributed by atoms with E-state index in [2.05, 4.69) is 17.6 Å². The molecule has 1 aromatic carbocycles. The number of thiol groups is 1. The zero-order valence-corrected chi connectivity index (χ0v) is 12.3. The number of ether oxygens (including phenoxy) is 2. The number of aromatic nitrogens is 1. The van der Waals surface area contributed by atoms with E-state index in [4.69, 9.17) is 9.47 Å². The van der Waals surface area contributed by atoms with Gasteiger partial charge >= 0.3 is 0 Å². The minimum Gasteiger partial charge on any atom is -0.497 e. The van der Waals surface area contributed by atoms with Gasteiger partial charge < -0.3 is 9.47 Å². The van der Waals surface area contributed by atoms with Crippen LogP contribution in [0.2, 0.25) is 0 Å². The van der Waals surface area contributed by atoms with Crippen LogP contribution in [0.5, 0.6) is 11.5 Å². The van der Waals surface area contributed by atoms with E-state index in [1.807, 2.05) is 25.1 Å².